The Morgan fingerprint density at radius 2 is 1.86 bits per heavy atom. The van der Waals surface area contributed by atoms with E-state index in [4.69, 9.17) is 9.47 Å². The lowest BCUT2D eigenvalue weighted by molar-refractivity contribution is -0.384. The second-order valence-electron chi connectivity index (χ2n) is 9.10. The highest BCUT2D eigenvalue weighted by molar-refractivity contribution is 7.91. The highest BCUT2D eigenvalue weighted by atomic mass is 32.2. The number of nitrogens with zero attached hydrogens (tertiary/aromatic N) is 1. The summed E-state index contributed by atoms with van der Waals surface area (Å²) in [6.45, 7) is 9.60. The largest absolute Gasteiger partial charge is 0.458 e. The fraction of sp³-hybridized carbons (Fsp3) is 0.357. The minimum atomic E-state index is -3.39. The van der Waals surface area contributed by atoms with Crippen molar-refractivity contribution in [1.29, 1.82) is 0 Å². The average molecular weight is 526 g/mol. The van der Waals surface area contributed by atoms with Crippen molar-refractivity contribution in [2.75, 3.05) is 5.75 Å². The Balaban J connectivity index is 1.57. The van der Waals surface area contributed by atoms with E-state index in [0.29, 0.717) is 37.0 Å². The van der Waals surface area contributed by atoms with Crippen LogP contribution in [0.3, 0.4) is 0 Å². The highest BCUT2D eigenvalue weighted by Crippen LogP contribution is 2.31. The van der Waals surface area contributed by atoms with E-state index in [1.54, 1.807) is 30.3 Å². The van der Waals surface area contributed by atoms with Crippen molar-refractivity contribution in [3.63, 3.8) is 0 Å². The molecule has 1 aliphatic heterocycles. The van der Waals surface area contributed by atoms with Crippen molar-refractivity contribution in [3.8, 4) is 0 Å². The van der Waals surface area contributed by atoms with Crippen LogP contribution in [-0.4, -0.2) is 43.4 Å². The molecule has 1 fully saturated rings. The van der Waals surface area contributed by atoms with E-state index < -0.39 is 26.8 Å². The first-order valence-electron chi connectivity index (χ1n) is 12.0. The molecule has 1 aliphatic rings. The molecule has 2 aromatic rings. The monoisotopic (exact) mass is 525 g/mol. The summed E-state index contributed by atoms with van der Waals surface area (Å²) in [6.07, 6.45) is 1.41. The van der Waals surface area contributed by atoms with Crippen LogP contribution in [0.4, 0.5) is 5.69 Å². The third-order valence-electron chi connectivity index (χ3n) is 6.29. The molecule has 0 unspecified atom stereocenters. The molecular weight excluding hydrogens is 494 g/mol. The quantitative estimate of drug-likeness (QED) is 0.117. The second-order valence-corrected chi connectivity index (χ2v) is 11.2. The molecule has 3 rings (SSSR count). The van der Waals surface area contributed by atoms with Gasteiger partial charge in [-0.2, -0.15) is 0 Å². The van der Waals surface area contributed by atoms with E-state index >= 15 is 0 Å². The van der Waals surface area contributed by atoms with Gasteiger partial charge in [-0.3, -0.25) is 10.1 Å². The predicted octanol–water partition coefficient (Wildman–Crippen LogP) is 5.60. The molecule has 0 spiro atoms. The number of ether oxygens (including phenoxy) is 2. The molecule has 3 atom stereocenters. The molecular formula is C28H31NO7S. The van der Waals surface area contributed by atoms with Gasteiger partial charge in [-0.25, -0.2) is 13.2 Å². The number of non-ortho nitro benzene ring substituents is 1. The van der Waals surface area contributed by atoms with Crippen LogP contribution in [0.2, 0.25) is 0 Å². The second kappa shape index (κ2) is 12.6. The number of nitro groups is 1. The third kappa shape index (κ3) is 7.98. The topological polar surface area (TPSA) is 113 Å². The Bertz CT molecular complexity index is 1280. The van der Waals surface area contributed by atoms with Crippen LogP contribution in [-0.2, 0) is 19.3 Å². The van der Waals surface area contributed by atoms with E-state index in [0.717, 1.165) is 11.1 Å². The minimum Gasteiger partial charge on any atom is -0.458 e. The summed E-state index contributed by atoms with van der Waals surface area (Å²) in [5.74, 6) is -0.590. The lowest BCUT2D eigenvalue weighted by Crippen LogP contribution is -2.22. The van der Waals surface area contributed by atoms with Crippen molar-refractivity contribution < 1.29 is 27.6 Å². The van der Waals surface area contributed by atoms with E-state index in [-0.39, 0.29) is 29.2 Å². The molecule has 8 nitrogen and oxygen atoms in total. The number of esters is 1. The molecule has 0 N–H and O–H groups in total. The lowest BCUT2D eigenvalue weighted by Gasteiger charge is -2.20. The molecule has 0 amide bonds. The third-order valence-corrected chi connectivity index (χ3v) is 8.05. The van der Waals surface area contributed by atoms with Gasteiger partial charge in [0, 0.05) is 18.6 Å². The molecule has 2 aromatic carbocycles. The van der Waals surface area contributed by atoms with Crippen molar-refractivity contribution in [2.45, 2.75) is 62.2 Å². The maximum Gasteiger partial charge on any atom is 0.338 e. The molecule has 196 valence electrons. The van der Waals surface area contributed by atoms with Crippen LogP contribution in [0.5, 0.6) is 0 Å². The number of benzene rings is 2. The molecule has 0 bridgehead atoms. The number of rotatable bonds is 12. The van der Waals surface area contributed by atoms with Gasteiger partial charge in [-0.15, -0.1) is 5.73 Å². The van der Waals surface area contributed by atoms with Gasteiger partial charge in [0.05, 0.1) is 33.3 Å². The Kier molecular flexibility index (Phi) is 9.58. The molecule has 0 aliphatic carbocycles. The molecule has 1 heterocycles. The van der Waals surface area contributed by atoms with Crippen LogP contribution < -0.4 is 0 Å². The summed E-state index contributed by atoms with van der Waals surface area (Å²) in [7, 11) is -3.39. The number of hydrogen-bond acceptors (Lipinski definition) is 7. The fourth-order valence-electron chi connectivity index (χ4n) is 4.17. The van der Waals surface area contributed by atoms with Crippen LogP contribution in [0.25, 0.3) is 0 Å². The molecule has 37 heavy (non-hydrogen) atoms. The van der Waals surface area contributed by atoms with E-state index in [9.17, 15) is 23.3 Å². The zero-order chi connectivity index (χ0) is 27.0. The van der Waals surface area contributed by atoms with Gasteiger partial charge < -0.3 is 9.47 Å². The highest BCUT2D eigenvalue weighted by Gasteiger charge is 2.31. The first kappa shape index (κ1) is 28.1. The standard InChI is InChI=1S/C28H31NO7S/c1-4-20(2)18-24(36-28(30)22-10-12-23(13-11-22)29(31)32)14-15-27-21(3)19-25(35-27)16-17-37(33,34)26-8-6-5-7-9-26/h5-13,24-25,27H,1,3,14-19H2,2H3/t24-,25-,27-/m0/s1. The van der Waals surface area contributed by atoms with Crippen molar-refractivity contribution in [1.82, 2.24) is 0 Å². The summed E-state index contributed by atoms with van der Waals surface area (Å²) >= 11 is 0. The summed E-state index contributed by atoms with van der Waals surface area (Å²) in [6, 6.07) is 13.6. The fourth-order valence-corrected chi connectivity index (χ4v) is 5.55. The van der Waals surface area contributed by atoms with Gasteiger partial charge in [0.2, 0.25) is 0 Å². The van der Waals surface area contributed by atoms with E-state index in [1.807, 2.05) is 6.92 Å². The van der Waals surface area contributed by atoms with E-state index in [1.165, 1.54) is 24.3 Å². The smallest absolute Gasteiger partial charge is 0.338 e. The van der Waals surface area contributed by atoms with Crippen LogP contribution >= 0.6 is 0 Å². The number of carbonyl (C=O) groups is 1. The Morgan fingerprint density at radius 1 is 1.19 bits per heavy atom. The Hall–Kier alpha value is -3.52. The lowest BCUT2D eigenvalue weighted by atomic mass is 9.99. The molecule has 9 heteroatoms. The van der Waals surface area contributed by atoms with E-state index in [2.05, 4.69) is 18.9 Å². The van der Waals surface area contributed by atoms with Crippen molar-refractivity contribution in [2.24, 2.45) is 0 Å². The van der Waals surface area contributed by atoms with Crippen molar-refractivity contribution >= 4 is 21.5 Å². The maximum atomic E-state index is 12.7. The van der Waals surface area contributed by atoms with Crippen LogP contribution in [0, 0.1) is 10.1 Å². The number of hydrogen-bond donors (Lipinski definition) is 0. The summed E-state index contributed by atoms with van der Waals surface area (Å²) < 4.78 is 37.0. The number of carbonyl (C=O) groups excluding carboxylic acids is 1. The number of nitro benzene ring substituents is 1. The maximum absolute atomic E-state index is 12.7. The normalized spacial score (nSPS) is 18.1. The van der Waals surface area contributed by atoms with Crippen LogP contribution in [0.15, 0.2) is 89.5 Å². The Morgan fingerprint density at radius 3 is 2.49 bits per heavy atom. The average Bonchev–Trinajstić information content (AvgIpc) is 3.25. The van der Waals surface area contributed by atoms with Crippen molar-refractivity contribution in [3.05, 3.63) is 100 Å². The summed E-state index contributed by atoms with van der Waals surface area (Å²) in [5, 5.41) is 10.9. The molecule has 0 saturated carbocycles. The predicted molar refractivity (Wildman–Crippen MR) is 140 cm³/mol. The summed E-state index contributed by atoms with van der Waals surface area (Å²) in [5.41, 5.74) is 4.64. The minimum absolute atomic E-state index is 0.0134. The van der Waals surface area contributed by atoms with Gasteiger partial charge in [-0.1, -0.05) is 31.4 Å². The van der Waals surface area contributed by atoms with Gasteiger partial charge in [-0.05, 0) is 68.0 Å². The molecule has 1 saturated heterocycles. The number of sulfone groups is 1. The van der Waals surface area contributed by atoms with Crippen LogP contribution in [0.1, 0.15) is 49.4 Å². The van der Waals surface area contributed by atoms with Gasteiger partial charge in [0.1, 0.15) is 6.10 Å². The van der Waals surface area contributed by atoms with Gasteiger partial charge in [0.15, 0.2) is 9.84 Å². The van der Waals surface area contributed by atoms with Gasteiger partial charge in [0.25, 0.3) is 5.69 Å². The molecule has 0 aromatic heterocycles. The zero-order valence-electron chi connectivity index (χ0n) is 20.8. The first-order chi connectivity index (χ1) is 17.6. The zero-order valence-corrected chi connectivity index (χ0v) is 21.6. The first-order valence-corrected chi connectivity index (χ1v) is 13.7. The Labute approximate surface area is 217 Å². The molecule has 0 radical (unpaired) electrons. The summed E-state index contributed by atoms with van der Waals surface area (Å²) in [4.78, 5) is 23.3. The SMILES string of the molecule is C=C=C(C)C[C@H](CC[C@@H]1O[C@@H](CCS(=O)(=O)c2ccccc2)CC1=C)OC(=O)c1ccc([N+](=O)[O-])cc1. The van der Waals surface area contributed by atoms with Gasteiger partial charge >= 0.3 is 5.97 Å².